The minimum Gasteiger partial charge on any atom is -0.493 e. The van der Waals surface area contributed by atoms with Crippen molar-refractivity contribution in [3.63, 3.8) is 0 Å². The third-order valence-electron chi connectivity index (χ3n) is 7.74. The largest absolute Gasteiger partial charge is 0.493 e. The van der Waals surface area contributed by atoms with Crippen LogP contribution in [0, 0.1) is 0 Å². The summed E-state index contributed by atoms with van der Waals surface area (Å²) >= 11 is 0. The number of benzene rings is 3. The molecular formula is C36H41NO8. The average Bonchev–Trinajstić information content (AvgIpc) is 3.39. The normalized spacial score (nSPS) is 12.0. The van der Waals surface area contributed by atoms with E-state index in [1.165, 1.54) is 7.11 Å². The Labute approximate surface area is 264 Å². The van der Waals surface area contributed by atoms with Crippen molar-refractivity contribution in [3.8, 4) is 68.0 Å². The second-order valence-corrected chi connectivity index (χ2v) is 11.3. The smallest absolute Gasteiger partial charge is 0.355 e. The van der Waals surface area contributed by atoms with Crippen LogP contribution in [0.15, 0.2) is 48.5 Å². The molecule has 0 fully saturated rings. The monoisotopic (exact) mass is 615 g/mol. The van der Waals surface area contributed by atoms with Gasteiger partial charge in [-0.3, -0.25) is 0 Å². The van der Waals surface area contributed by atoms with Crippen LogP contribution in [0.4, 0.5) is 0 Å². The van der Waals surface area contributed by atoms with Gasteiger partial charge in [0.05, 0.1) is 53.5 Å². The first-order valence-electron chi connectivity index (χ1n) is 15.0. The summed E-state index contributed by atoms with van der Waals surface area (Å²) in [6, 6.07) is 15.5. The molecule has 3 aromatic carbocycles. The summed E-state index contributed by atoms with van der Waals surface area (Å²) in [7, 11) is 7.83. The predicted octanol–water partition coefficient (Wildman–Crippen LogP) is 7.44. The minimum absolute atomic E-state index is 0.0263. The van der Waals surface area contributed by atoms with Gasteiger partial charge in [-0.15, -0.1) is 0 Å². The van der Waals surface area contributed by atoms with Gasteiger partial charge in [0, 0.05) is 23.2 Å². The van der Waals surface area contributed by atoms with Crippen LogP contribution in [-0.2, 0) is 17.7 Å². The van der Waals surface area contributed by atoms with Crippen molar-refractivity contribution >= 4 is 5.97 Å². The van der Waals surface area contributed by atoms with E-state index in [4.69, 9.17) is 33.2 Å². The van der Waals surface area contributed by atoms with E-state index in [2.05, 4.69) is 0 Å². The number of hydrogen-bond donors (Lipinski definition) is 0. The Balaban J connectivity index is 1.90. The Bertz CT molecular complexity index is 1720. The summed E-state index contributed by atoms with van der Waals surface area (Å²) in [4.78, 5) is 13.7. The zero-order chi connectivity index (χ0) is 32.4. The fraction of sp³-hybridized carbons (Fsp3) is 0.361. The summed E-state index contributed by atoms with van der Waals surface area (Å²) < 4.78 is 42.4. The fourth-order valence-electron chi connectivity index (χ4n) is 5.93. The van der Waals surface area contributed by atoms with E-state index in [1.807, 2.05) is 80.8 Å². The number of methoxy groups -OCH3 is 5. The molecule has 0 N–H and O–H groups in total. The van der Waals surface area contributed by atoms with Gasteiger partial charge >= 0.3 is 5.97 Å². The molecule has 4 aromatic rings. The molecule has 0 unspecified atom stereocenters. The number of aryl methyl sites for hydroxylation is 1. The first kappa shape index (κ1) is 31.6. The van der Waals surface area contributed by atoms with Gasteiger partial charge in [0.1, 0.15) is 5.69 Å². The standard InChI is InChI=1S/C36H41NO8/c1-20(2)44-27-13-11-23(18-29(27)41-7)32-33(24-10-12-26(39-5)28(17-24)40-6)35(36(38)43-9)37-15-14-22-16-31(45-21(3)4)30(42-8)19-25(22)34(32)37/h10-13,16-21H,14-15H2,1-9H3. The summed E-state index contributed by atoms with van der Waals surface area (Å²) in [5.74, 6) is 3.16. The molecule has 9 heteroatoms. The van der Waals surface area contributed by atoms with Crippen molar-refractivity contribution in [3.05, 3.63) is 59.8 Å². The fourth-order valence-corrected chi connectivity index (χ4v) is 5.93. The van der Waals surface area contributed by atoms with Crippen LogP contribution in [0.25, 0.3) is 33.5 Å². The Morgan fingerprint density at radius 1 is 0.644 bits per heavy atom. The number of carbonyl (C=O) groups excluding carboxylic acids is 1. The molecule has 2 heterocycles. The molecule has 0 spiro atoms. The molecule has 45 heavy (non-hydrogen) atoms. The lowest BCUT2D eigenvalue weighted by atomic mass is 9.89. The summed E-state index contributed by atoms with van der Waals surface area (Å²) in [6.45, 7) is 8.46. The molecule has 0 saturated heterocycles. The van der Waals surface area contributed by atoms with E-state index < -0.39 is 5.97 Å². The highest BCUT2D eigenvalue weighted by atomic mass is 16.5. The van der Waals surface area contributed by atoms with Crippen LogP contribution < -0.4 is 28.4 Å². The van der Waals surface area contributed by atoms with Crippen molar-refractivity contribution in [2.45, 2.75) is 52.9 Å². The van der Waals surface area contributed by atoms with Crippen molar-refractivity contribution in [1.82, 2.24) is 4.57 Å². The molecule has 0 radical (unpaired) electrons. The third-order valence-corrected chi connectivity index (χ3v) is 7.74. The molecule has 0 bridgehead atoms. The lowest BCUT2D eigenvalue weighted by Gasteiger charge is -2.24. The molecule has 9 nitrogen and oxygen atoms in total. The molecule has 0 amide bonds. The number of fused-ring (bicyclic) bond motifs is 3. The highest BCUT2D eigenvalue weighted by Gasteiger charge is 2.34. The summed E-state index contributed by atoms with van der Waals surface area (Å²) in [5.41, 5.74) is 6.44. The maximum absolute atomic E-state index is 13.7. The van der Waals surface area contributed by atoms with Crippen molar-refractivity contribution in [1.29, 1.82) is 0 Å². The van der Waals surface area contributed by atoms with Gasteiger partial charge in [0.15, 0.2) is 34.5 Å². The molecule has 0 atom stereocenters. The molecular weight excluding hydrogens is 574 g/mol. The van der Waals surface area contributed by atoms with Crippen LogP contribution >= 0.6 is 0 Å². The van der Waals surface area contributed by atoms with Crippen LogP contribution in [-0.4, -0.2) is 58.3 Å². The van der Waals surface area contributed by atoms with Crippen LogP contribution in [0.3, 0.4) is 0 Å². The minimum atomic E-state index is -0.450. The van der Waals surface area contributed by atoms with E-state index in [1.54, 1.807) is 28.4 Å². The molecule has 238 valence electrons. The van der Waals surface area contributed by atoms with Gasteiger partial charge in [0.25, 0.3) is 0 Å². The highest BCUT2D eigenvalue weighted by molar-refractivity contribution is 6.07. The average molecular weight is 616 g/mol. The van der Waals surface area contributed by atoms with Gasteiger partial charge in [-0.05, 0) is 87.2 Å². The number of rotatable bonds is 11. The number of esters is 1. The lowest BCUT2D eigenvalue weighted by Crippen LogP contribution is -2.18. The summed E-state index contributed by atoms with van der Waals surface area (Å²) in [6.07, 6.45) is 0.609. The first-order chi connectivity index (χ1) is 21.6. The number of nitrogens with zero attached hydrogens (tertiary/aromatic N) is 1. The number of carbonyl (C=O) groups is 1. The molecule has 0 aliphatic carbocycles. The Hall–Kier alpha value is -4.79. The highest BCUT2D eigenvalue weighted by Crippen LogP contribution is 2.51. The predicted molar refractivity (Wildman–Crippen MR) is 174 cm³/mol. The molecule has 1 aromatic heterocycles. The Morgan fingerprint density at radius 2 is 1.18 bits per heavy atom. The van der Waals surface area contributed by atoms with Crippen molar-refractivity contribution < 1.29 is 38.0 Å². The second kappa shape index (κ2) is 13.1. The van der Waals surface area contributed by atoms with Crippen LogP contribution in [0.5, 0.6) is 34.5 Å². The van der Waals surface area contributed by atoms with E-state index in [-0.39, 0.29) is 12.2 Å². The van der Waals surface area contributed by atoms with Crippen LogP contribution in [0.1, 0.15) is 43.7 Å². The second-order valence-electron chi connectivity index (χ2n) is 11.3. The number of aromatic nitrogens is 1. The topological polar surface area (TPSA) is 86.6 Å². The Morgan fingerprint density at radius 3 is 1.76 bits per heavy atom. The van der Waals surface area contributed by atoms with Gasteiger partial charge in [0.2, 0.25) is 0 Å². The molecule has 1 aliphatic heterocycles. The van der Waals surface area contributed by atoms with Gasteiger partial charge in [-0.1, -0.05) is 12.1 Å². The lowest BCUT2D eigenvalue weighted by molar-refractivity contribution is 0.0589. The van der Waals surface area contributed by atoms with Crippen LogP contribution in [0.2, 0.25) is 0 Å². The SMILES string of the molecule is COC(=O)c1c(-c2ccc(OC)c(OC)c2)c(-c2ccc(OC(C)C)c(OC)c2)c2n1CCc1cc(OC(C)C)c(OC)cc1-2. The van der Waals surface area contributed by atoms with E-state index in [9.17, 15) is 4.79 Å². The van der Waals surface area contributed by atoms with Crippen molar-refractivity contribution in [2.24, 2.45) is 0 Å². The maximum Gasteiger partial charge on any atom is 0.355 e. The number of ether oxygens (including phenoxy) is 7. The van der Waals surface area contributed by atoms with E-state index in [0.717, 1.165) is 33.5 Å². The Kier molecular flexibility index (Phi) is 9.18. The van der Waals surface area contributed by atoms with E-state index >= 15 is 0 Å². The maximum atomic E-state index is 13.7. The summed E-state index contributed by atoms with van der Waals surface area (Å²) in [5, 5.41) is 0. The van der Waals surface area contributed by atoms with Gasteiger partial charge in [-0.25, -0.2) is 4.79 Å². The molecule has 0 saturated carbocycles. The van der Waals surface area contributed by atoms with E-state index in [0.29, 0.717) is 58.7 Å². The molecule has 1 aliphatic rings. The zero-order valence-corrected chi connectivity index (χ0v) is 27.4. The van der Waals surface area contributed by atoms with Gasteiger partial charge in [-0.2, -0.15) is 0 Å². The van der Waals surface area contributed by atoms with Gasteiger partial charge < -0.3 is 37.7 Å². The zero-order valence-electron chi connectivity index (χ0n) is 27.4. The molecule has 5 rings (SSSR count). The van der Waals surface area contributed by atoms with Crippen molar-refractivity contribution in [2.75, 3.05) is 35.5 Å². The third kappa shape index (κ3) is 5.87. The quantitative estimate of drug-likeness (QED) is 0.161. The first-order valence-corrected chi connectivity index (χ1v) is 15.0. The number of hydrogen-bond acceptors (Lipinski definition) is 8.